The first-order chi connectivity index (χ1) is 12.6. The van der Waals surface area contributed by atoms with Gasteiger partial charge in [0.2, 0.25) is 5.91 Å². The Hall–Kier alpha value is -3.15. The highest BCUT2D eigenvalue weighted by atomic mass is 19.1. The Labute approximate surface area is 150 Å². The SMILES string of the molecule is COC(=O)c1cn(CC(=O)NCCc2ccccc2F)c2ccccc12. The summed E-state index contributed by atoms with van der Waals surface area (Å²) in [5, 5.41) is 3.52. The van der Waals surface area contributed by atoms with E-state index in [0.29, 0.717) is 24.1 Å². The third-order valence-electron chi connectivity index (χ3n) is 4.18. The minimum Gasteiger partial charge on any atom is -0.465 e. The number of carbonyl (C=O) groups excluding carboxylic acids is 2. The lowest BCUT2D eigenvalue weighted by Gasteiger charge is -2.08. The van der Waals surface area contributed by atoms with Crippen molar-refractivity contribution in [3.63, 3.8) is 0 Å². The average molecular weight is 354 g/mol. The maximum atomic E-state index is 13.6. The van der Waals surface area contributed by atoms with Crippen LogP contribution in [-0.2, 0) is 22.5 Å². The first kappa shape index (κ1) is 17.7. The van der Waals surface area contributed by atoms with E-state index in [1.807, 2.05) is 24.3 Å². The van der Waals surface area contributed by atoms with Crippen LogP contribution in [0.5, 0.6) is 0 Å². The van der Waals surface area contributed by atoms with E-state index >= 15 is 0 Å². The summed E-state index contributed by atoms with van der Waals surface area (Å²) < 4.78 is 20.1. The highest BCUT2D eigenvalue weighted by Crippen LogP contribution is 2.22. The first-order valence-electron chi connectivity index (χ1n) is 8.26. The molecule has 0 bridgehead atoms. The molecule has 0 aliphatic heterocycles. The van der Waals surface area contributed by atoms with Crippen molar-refractivity contribution in [2.75, 3.05) is 13.7 Å². The fourth-order valence-corrected chi connectivity index (χ4v) is 2.90. The van der Waals surface area contributed by atoms with E-state index in [-0.39, 0.29) is 18.3 Å². The second-order valence-electron chi connectivity index (χ2n) is 5.87. The summed E-state index contributed by atoms with van der Waals surface area (Å²) in [4.78, 5) is 24.2. The summed E-state index contributed by atoms with van der Waals surface area (Å²) in [6.45, 7) is 0.400. The monoisotopic (exact) mass is 354 g/mol. The van der Waals surface area contributed by atoms with Crippen LogP contribution in [0.25, 0.3) is 10.9 Å². The average Bonchev–Trinajstić information content (AvgIpc) is 3.01. The van der Waals surface area contributed by atoms with Gasteiger partial charge in [-0.3, -0.25) is 4.79 Å². The van der Waals surface area contributed by atoms with E-state index in [1.165, 1.54) is 13.2 Å². The summed E-state index contributed by atoms with van der Waals surface area (Å²) in [7, 11) is 1.32. The molecule has 134 valence electrons. The van der Waals surface area contributed by atoms with Crippen molar-refractivity contribution in [2.24, 2.45) is 0 Å². The highest BCUT2D eigenvalue weighted by molar-refractivity contribution is 6.04. The Kier molecular flexibility index (Phi) is 5.31. The van der Waals surface area contributed by atoms with Crippen molar-refractivity contribution in [1.82, 2.24) is 9.88 Å². The summed E-state index contributed by atoms with van der Waals surface area (Å²) in [6, 6.07) is 13.8. The van der Waals surface area contributed by atoms with Gasteiger partial charge in [-0.2, -0.15) is 0 Å². The Balaban J connectivity index is 1.68. The van der Waals surface area contributed by atoms with Crippen molar-refractivity contribution in [1.29, 1.82) is 0 Å². The molecule has 5 nitrogen and oxygen atoms in total. The molecular weight excluding hydrogens is 335 g/mol. The lowest BCUT2D eigenvalue weighted by atomic mass is 10.1. The van der Waals surface area contributed by atoms with Crippen LogP contribution < -0.4 is 5.32 Å². The summed E-state index contributed by atoms with van der Waals surface area (Å²) in [5.41, 5.74) is 1.76. The topological polar surface area (TPSA) is 60.3 Å². The number of ether oxygens (including phenoxy) is 1. The van der Waals surface area contributed by atoms with Crippen molar-refractivity contribution in [3.05, 3.63) is 71.7 Å². The fourth-order valence-electron chi connectivity index (χ4n) is 2.90. The number of para-hydroxylation sites is 1. The predicted molar refractivity (Wildman–Crippen MR) is 96.4 cm³/mol. The summed E-state index contributed by atoms with van der Waals surface area (Å²) >= 11 is 0. The number of aromatic nitrogens is 1. The Morgan fingerprint density at radius 3 is 2.62 bits per heavy atom. The molecule has 3 aromatic rings. The van der Waals surface area contributed by atoms with Gasteiger partial charge in [0.05, 0.1) is 12.7 Å². The van der Waals surface area contributed by atoms with Gasteiger partial charge in [0.1, 0.15) is 12.4 Å². The van der Waals surface area contributed by atoms with Gasteiger partial charge < -0.3 is 14.6 Å². The number of amides is 1. The number of hydrogen-bond donors (Lipinski definition) is 1. The van der Waals surface area contributed by atoms with Gasteiger partial charge in [-0.25, -0.2) is 9.18 Å². The van der Waals surface area contributed by atoms with E-state index < -0.39 is 5.97 Å². The number of carbonyl (C=O) groups is 2. The zero-order valence-corrected chi connectivity index (χ0v) is 14.4. The van der Waals surface area contributed by atoms with Crippen molar-refractivity contribution < 1.29 is 18.7 Å². The van der Waals surface area contributed by atoms with E-state index in [4.69, 9.17) is 4.74 Å². The number of hydrogen-bond acceptors (Lipinski definition) is 3. The molecule has 0 atom stereocenters. The van der Waals surface area contributed by atoms with Gasteiger partial charge in [0, 0.05) is 23.6 Å². The molecule has 0 aliphatic rings. The largest absolute Gasteiger partial charge is 0.465 e. The van der Waals surface area contributed by atoms with Crippen LogP contribution in [0.1, 0.15) is 15.9 Å². The number of esters is 1. The second-order valence-corrected chi connectivity index (χ2v) is 5.87. The van der Waals surface area contributed by atoms with Crippen molar-refractivity contribution in [3.8, 4) is 0 Å². The molecule has 1 amide bonds. The van der Waals surface area contributed by atoms with Crippen LogP contribution in [0.3, 0.4) is 0 Å². The van der Waals surface area contributed by atoms with Gasteiger partial charge in [0.25, 0.3) is 0 Å². The van der Waals surface area contributed by atoms with Crippen LogP contribution in [-0.4, -0.2) is 30.1 Å². The molecule has 0 saturated heterocycles. The van der Waals surface area contributed by atoms with Crippen LogP contribution >= 0.6 is 0 Å². The number of fused-ring (bicyclic) bond motifs is 1. The molecule has 1 aromatic heterocycles. The number of nitrogens with one attached hydrogen (secondary N) is 1. The van der Waals surface area contributed by atoms with Gasteiger partial charge >= 0.3 is 5.97 Å². The molecule has 0 spiro atoms. The van der Waals surface area contributed by atoms with Crippen LogP contribution in [0.4, 0.5) is 4.39 Å². The number of methoxy groups -OCH3 is 1. The molecule has 1 N–H and O–H groups in total. The van der Waals surface area contributed by atoms with Gasteiger partial charge in [-0.15, -0.1) is 0 Å². The molecule has 0 fully saturated rings. The lowest BCUT2D eigenvalue weighted by molar-refractivity contribution is -0.121. The Bertz CT molecular complexity index is 949. The van der Waals surface area contributed by atoms with Crippen molar-refractivity contribution >= 4 is 22.8 Å². The summed E-state index contributed by atoms with van der Waals surface area (Å²) in [6.07, 6.45) is 2.03. The minimum absolute atomic E-state index is 0.0643. The molecule has 3 rings (SSSR count). The number of halogens is 1. The number of benzene rings is 2. The molecule has 0 radical (unpaired) electrons. The smallest absolute Gasteiger partial charge is 0.340 e. The Morgan fingerprint density at radius 2 is 1.85 bits per heavy atom. The molecule has 0 unspecified atom stereocenters. The van der Waals surface area contributed by atoms with Crippen molar-refractivity contribution in [2.45, 2.75) is 13.0 Å². The van der Waals surface area contributed by atoms with E-state index in [2.05, 4.69) is 5.32 Å². The van der Waals surface area contributed by atoms with E-state index in [0.717, 1.165) is 10.9 Å². The third kappa shape index (κ3) is 3.74. The molecule has 2 aromatic carbocycles. The molecular formula is C20H19FN2O3. The molecule has 0 saturated carbocycles. The zero-order chi connectivity index (χ0) is 18.5. The predicted octanol–water partition coefficient (Wildman–Crippen LogP) is 2.93. The molecule has 26 heavy (non-hydrogen) atoms. The van der Waals surface area contributed by atoms with Gasteiger partial charge in [0.15, 0.2) is 0 Å². The van der Waals surface area contributed by atoms with Gasteiger partial charge in [-0.1, -0.05) is 36.4 Å². The normalized spacial score (nSPS) is 10.7. The number of rotatable bonds is 6. The molecule has 6 heteroatoms. The maximum absolute atomic E-state index is 13.6. The molecule has 0 aliphatic carbocycles. The van der Waals surface area contributed by atoms with Gasteiger partial charge in [-0.05, 0) is 24.1 Å². The minimum atomic E-state index is -0.445. The number of nitrogens with zero attached hydrogens (tertiary/aromatic N) is 1. The highest BCUT2D eigenvalue weighted by Gasteiger charge is 2.16. The summed E-state index contributed by atoms with van der Waals surface area (Å²) in [5.74, 6) is -0.931. The van der Waals surface area contributed by atoms with E-state index in [9.17, 15) is 14.0 Å². The van der Waals surface area contributed by atoms with E-state index in [1.54, 1.807) is 29.0 Å². The Morgan fingerprint density at radius 1 is 1.12 bits per heavy atom. The third-order valence-corrected chi connectivity index (χ3v) is 4.18. The first-order valence-corrected chi connectivity index (χ1v) is 8.26. The molecule has 1 heterocycles. The van der Waals surface area contributed by atoms with Crippen LogP contribution in [0.15, 0.2) is 54.7 Å². The lowest BCUT2D eigenvalue weighted by Crippen LogP contribution is -2.29. The second kappa shape index (κ2) is 7.82. The standard InChI is InChI=1S/C20H19FN2O3/c1-26-20(25)16-12-23(18-9-5-3-7-15(16)18)13-19(24)22-11-10-14-6-2-4-8-17(14)21/h2-9,12H,10-11,13H2,1H3,(H,22,24). The zero-order valence-electron chi connectivity index (χ0n) is 14.4. The van der Waals surface area contributed by atoms with Crippen LogP contribution in [0.2, 0.25) is 0 Å². The fraction of sp³-hybridized carbons (Fsp3) is 0.200. The van der Waals surface area contributed by atoms with Crippen LogP contribution in [0, 0.1) is 5.82 Å². The maximum Gasteiger partial charge on any atom is 0.340 e. The quantitative estimate of drug-likeness (QED) is 0.693.